The molecule has 2 fully saturated rings. The second-order valence-corrected chi connectivity index (χ2v) is 5.83. The normalized spacial score (nSPS) is 24.1. The van der Waals surface area contributed by atoms with E-state index in [1.54, 1.807) is 23.5 Å². The first kappa shape index (κ1) is 15.2. The Morgan fingerprint density at radius 1 is 1.23 bits per heavy atom. The highest BCUT2D eigenvalue weighted by Crippen LogP contribution is 2.20. The van der Waals surface area contributed by atoms with Crippen LogP contribution in [0.1, 0.15) is 12.8 Å². The summed E-state index contributed by atoms with van der Waals surface area (Å²) in [6.07, 6.45) is 5.92. The molecule has 2 aliphatic heterocycles. The zero-order valence-electron chi connectivity index (χ0n) is 12.6. The van der Waals surface area contributed by atoms with E-state index in [2.05, 4.69) is 9.97 Å². The lowest BCUT2D eigenvalue weighted by Crippen LogP contribution is -2.42. The van der Waals surface area contributed by atoms with E-state index in [0.717, 1.165) is 18.7 Å². The molecule has 1 amide bonds. The maximum absolute atomic E-state index is 12.6. The van der Waals surface area contributed by atoms with Crippen LogP contribution in [0.3, 0.4) is 0 Å². The van der Waals surface area contributed by atoms with Crippen LogP contribution in [-0.2, 0) is 9.53 Å². The Hall–Kier alpha value is -1.73. The van der Waals surface area contributed by atoms with E-state index >= 15 is 0 Å². The standard InChI is InChI=1S/C15H22N4O3/c20-13-10-18(14-9-16-3-4-17-14)5-6-19(11-13)15(21)12-1-7-22-8-2-12/h3-4,9,12-13,20H,1-2,5-8,10-11H2. The Morgan fingerprint density at radius 2 is 2.05 bits per heavy atom. The zero-order chi connectivity index (χ0) is 15.4. The lowest BCUT2D eigenvalue weighted by Gasteiger charge is -2.29. The van der Waals surface area contributed by atoms with E-state index in [1.165, 1.54) is 0 Å². The van der Waals surface area contributed by atoms with E-state index in [1.807, 2.05) is 4.90 Å². The molecule has 1 N–H and O–H groups in total. The van der Waals surface area contributed by atoms with Crippen molar-refractivity contribution in [2.24, 2.45) is 5.92 Å². The van der Waals surface area contributed by atoms with Gasteiger partial charge in [-0.05, 0) is 12.8 Å². The molecule has 0 radical (unpaired) electrons. The summed E-state index contributed by atoms with van der Waals surface area (Å²) in [6.45, 7) is 3.41. The summed E-state index contributed by atoms with van der Waals surface area (Å²) < 4.78 is 5.31. The van der Waals surface area contributed by atoms with Gasteiger partial charge in [0.15, 0.2) is 0 Å². The predicted molar refractivity (Wildman–Crippen MR) is 80.4 cm³/mol. The van der Waals surface area contributed by atoms with Crippen molar-refractivity contribution >= 4 is 11.7 Å². The summed E-state index contributed by atoms with van der Waals surface area (Å²) in [5, 5.41) is 10.2. The van der Waals surface area contributed by atoms with E-state index in [9.17, 15) is 9.90 Å². The molecule has 120 valence electrons. The molecule has 3 rings (SSSR count). The van der Waals surface area contributed by atoms with Gasteiger partial charge in [0.05, 0.1) is 12.3 Å². The summed E-state index contributed by atoms with van der Waals surface area (Å²) in [5.74, 6) is 0.911. The smallest absolute Gasteiger partial charge is 0.226 e. The molecule has 0 saturated carbocycles. The zero-order valence-corrected chi connectivity index (χ0v) is 12.6. The number of aromatic nitrogens is 2. The molecule has 2 saturated heterocycles. The fraction of sp³-hybridized carbons (Fsp3) is 0.667. The Labute approximate surface area is 129 Å². The van der Waals surface area contributed by atoms with Crippen LogP contribution in [0.15, 0.2) is 18.6 Å². The molecule has 0 aliphatic carbocycles. The fourth-order valence-corrected chi connectivity index (χ4v) is 3.06. The summed E-state index contributed by atoms with van der Waals surface area (Å²) >= 11 is 0. The van der Waals surface area contributed by atoms with Gasteiger partial charge in [-0.15, -0.1) is 0 Å². The van der Waals surface area contributed by atoms with Gasteiger partial charge in [0, 0.05) is 57.7 Å². The molecule has 1 unspecified atom stereocenters. The number of β-amino-alcohol motifs (C(OH)–C–C–N with tert-alkyl or cyclic N) is 1. The Bertz CT molecular complexity index is 493. The van der Waals surface area contributed by atoms with Crippen molar-refractivity contribution in [2.75, 3.05) is 44.3 Å². The minimum Gasteiger partial charge on any atom is -0.389 e. The summed E-state index contributed by atoms with van der Waals surface area (Å²) in [6, 6.07) is 0. The number of rotatable bonds is 2. The number of carbonyl (C=O) groups excluding carboxylic acids is 1. The van der Waals surface area contributed by atoms with Crippen molar-refractivity contribution in [3.05, 3.63) is 18.6 Å². The average Bonchev–Trinajstić information content (AvgIpc) is 2.77. The van der Waals surface area contributed by atoms with E-state index in [4.69, 9.17) is 4.74 Å². The van der Waals surface area contributed by atoms with Gasteiger partial charge < -0.3 is 19.6 Å². The van der Waals surface area contributed by atoms with E-state index in [-0.39, 0.29) is 11.8 Å². The SMILES string of the molecule is O=C(C1CCOCC1)N1CCN(c2cnccn2)CC(O)C1. The number of hydrogen-bond acceptors (Lipinski definition) is 6. The fourth-order valence-electron chi connectivity index (χ4n) is 3.06. The van der Waals surface area contributed by atoms with Crippen molar-refractivity contribution < 1.29 is 14.6 Å². The molecule has 3 heterocycles. The Balaban J connectivity index is 1.65. The Kier molecular flexibility index (Phi) is 4.84. The maximum Gasteiger partial charge on any atom is 0.226 e. The molecule has 2 aliphatic rings. The summed E-state index contributed by atoms with van der Waals surface area (Å²) in [7, 11) is 0. The highest BCUT2D eigenvalue weighted by Gasteiger charge is 2.30. The number of ether oxygens (including phenoxy) is 1. The molecular formula is C15H22N4O3. The number of amides is 1. The van der Waals surface area contributed by atoms with Crippen LogP contribution in [0.25, 0.3) is 0 Å². The van der Waals surface area contributed by atoms with Crippen LogP contribution >= 0.6 is 0 Å². The largest absolute Gasteiger partial charge is 0.389 e. The van der Waals surface area contributed by atoms with Crippen molar-refractivity contribution in [3.8, 4) is 0 Å². The topological polar surface area (TPSA) is 78.8 Å². The first-order valence-electron chi connectivity index (χ1n) is 7.79. The predicted octanol–water partition coefficient (Wildman–Crippen LogP) is -0.0873. The van der Waals surface area contributed by atoms with Gasteiger partial charge in [-0.1, -0.05) is 0 Å². The molecule has 1 aromatic rings. The summed E-state index contributed by atoms with van der Waals surface area (Å²) in [4.78, 5) is 24.7. The van der Waals surface area contributed by atoms with Gasteiger partial charge >= 0.3 is 0 Å². The molecule has 0 aromatic carbocycles. The van der Waals surface area contributed by atoms with Gasteiger partial charge in [-0.25, -0.2) is 4.98 Å². The lowest BCUT2D eigenvalue weighted by atomic mass is 9.98. The second-order valence-electron chi connectivity index (χ2n) is 5.83. The van der Waals surface area contributed by atoms with Crippen molar-refractivity contribution in [3.63, 3.8) is 0 Å². The van der Waals surface area contributed by atoms with Crippen molar-refractivity contribution in [1.82, 2.24) is 14.9 Å². The van der Waals surface area contributed by atoms with E-state index < -0.39 is 6.10 Å². The summed E-state index contributed by atoms with van der Waals surface area (Å²) in [5.41, 5.74) is 0. The van der Waals surface area contributed by atoms with Crippen LogP contribution in [0.2, 0.25) is 0 Å². The van der Waals surface area contributed by atoms with Gasteiger partial charge in [0.2, 0.25) is 5.91 Å². The molecule has 1 atom stereocenters. The van der Waals surface area contributed by atoms with Crippen LogP contribution in [0.4, 0.5) is 5.82 Å². The number of aliphatic hydroxyl groups is 1. The molecule has 0 spiro atoms. The van der Waals surface area contributed by atoms with Crippen LogP contribution in [0, 0.1) is 5.92 Å². The molecule has 7 heteroatoms. The number of aliphatic hydroxyl groups excluding tert-OH is 1. The minimum atomic E-state index is -0.576. The lowest BCUT2D eigenvalue weighted by molar-refractivity contribution is -0.139. The maximum atomic E-state index is 12.6. The molecule has 1 aromatic heterocycles. The second kappa shape index (κ2) is 7.02. The number of nitrogens with zero attached hydrogens (tertiary/aromatic N) is 4. The van der Waals surface area contributed by atoms with Crippen molar-refractivity contribution in [1.29, 1.82) is 0 Å². The molecule has 7 nitrogen and oxygen atoms in total. The van der Waals surface area contributed by atoms with Crippen LogP contribution in [-0.4, -0.2) is 71.4 Å². The van der Waals surface area contributed by atoms with Gasteiger partial charge in [0.25, 0.3) is 0 Å². The van der Waals surface area contributed by atoms with Gasteiger partial charge in [0.1, 0.15) is 5.82 Å². The highest BCUT2D eigenvalue weighted by molar-refractivity contribution is 5.79. The molecule has 22 heavy (non-hydrogen) atoms. The molecular weight excluding hydrogens is 284 g/mol. The van der Waals surface area contributed by atoms with Gasteiger partial charge in [-0.2, -0.15) is 0 Å². The van der Waals surface area contributed by atoms with E-state index in [0.29, 0.717) is 39.4 Å². The third-order valence-corrected chi connectivity index (χ3v) is 4.26. The quantitative estimate of drug-likeness (QED) is 0.823. The minimum absolute atomic E-state index is 0.0315. The van der Waals surface area contributed by atoms with Crippen LogP contribution in [0.5, 0.6) is 0 Å². The first-order chi connectivity index (χ1) is 10.7. The third kappa shape index (κ3) is 3.53. The third-order valence-electron chi connectivity index (χ3n) is 4.26. The van der Waals surface area contributed by atoms with Gasteiger partial charge in [-0.3, -0.25) is 9.78 Å². The van der Waals surface area contributed by atoms with Crippen molar-refractivity contribution in [2.45, 2.75) is 18.9 Å². The number of hydrogen-bond donors (Lipinski definition) is 1. The Morgan fingerprint density at radius 3 is 2.77 bits per heavy atom. The average molecular weight is 306 g/mol. The monoisotopic (exact) mass is 306 g/mol. The molecule has 0 bridgehead atoms. The number of anilines is 1. The first-order valence-corrected chi connectivity index (χ1v) is 7.79. The van der Waals surface area contributed by atoms with Crippen LogP contribution < -0.4 is 4.90 Å². The number of carbonyl (C=O) groups is 1. The highest BCUT2D eigenvalue weighted by atomic mass is 16.5.